The van der Waals surface area contributed by atoms with Crippen LogP contribution >= 0.6 is 23.4 Å². The number of nitrogens with one attached hydrogen (secondary N) is 1. The van der Waals surface area contributed by atoms with Crippen LogP contribution in [0.15, 0.2) is 84.3 Å². The van der Waals surface area contributed by atoms with E-state index in [-0.39, 0.29) is 10.9 Å². The number of alkyl halides is 3. The fraction of sp³-hybridized carbons (Fsp3) is 0.125. The number of hydrogen-bond acceptors (Lipinski definition) is 4. The molecular weight excluding hydrogens is 485 g/mol. The van der Waals surface area contributed by atoms with E-state index in [1.807, 2.05) is 29.1 Å². The van der Waals surface area contributed by atoms with Crippen molar-refractivity contribution >= 4 is 35.0 Å². The number of nitrogens with zero attached hydrogens (tertiary/aromatic N) is 3. The highest BCUT2D eigenvalue weighted by atomic mass is 35.5. The lowest BCUT2D eigenvalue weighted by Crippen LogP contribution is -2.23. The number of carbonyl (C=O) groups is 1. The van der Waals surface area contributed by atoms with Crippen molar-refractivity contribution in [2.75, 3.05) is 5.32 Å². The van der Waals surface area contributed by atoms with Gasteiger partial charge in [0, 0.05) is 23.6 Å². The number of hydrogen-bond donors (Lipinski definition) is 1. The molecule has 4 aromatic rings. The molecule has 0 unspecified atom stereocenters. The smallest absolute Gasteiger partial charge is 0.325 e. The van der Waals surface area contributed by atoms with Crippen molar-refractivity contribution in [2.24, 2.45) is 0 Å². The minimum Gasteiger partial charge on any atom is -0.325 e. The van der Waals surface area contributed by atoms with Gasteiger partial charge < -0.3 is 9.88 Å². The lowest BCUT2D eigenvalue weighted by Gasteiger charge is -2.14. The molecule has 10 heteroatoms. The zero-order valence-corrected chi connectivity index (χ0v) is 19.3. The van der Waals surface area contributed by atoms with Gasteiger partial charge in [0.1, 0.15) is 5.69 Å². The molecule has 174 valence electrons. The molecule has 0 aliphatic carbocycles. The topological polar surface area (TPSA) is 59.8 Å². The Morgan fingerprint density at radius 1 is 1.03 bits per heavy atom. The van der Waals surface area contributed by atoms with Gasteiger partial charge in [-0.2, -0.15) is 13.2 Å². The SMILES string of the molecule is C[C@@H](Sc1nc(-c2ccccc2)cc(C(F)(F)F)n1)C(=O)Nc1ccc(-n2cccc2)c(Cl)c1. The van der Waals surface area contributed by atoms with Gasteiger partial charge in [0.25, 0.3) is 0 Å². The average molecular weight is 503 g/mol. The summed E-state index contributed by atoms with van der Waals surface area (Å²) in [7, 11) is 0. The fourth-order valence-electron chi connectivity index (χ4n) is 3.12. The molecule has 0 aliphatic heterocycles. The Morgan fingerprint density at radius 2 is 1.74 bits per heavy atom. The summed E-state index contributed by atoms with van der Waals surface area (Å²) in [6, 6.07) is 18.2. The summed E-state index contributed by atoms with van der Waals surface area (Å²) in [5, 5.41) is 2.26. The predicted octanol–water partition coefficient (Wildman–Crippen LogP) is 6.73. The van der Waals surface area contributed by atoms with Gasteiger partial charge >= 0.3 is 6.18 Å². The number of amides is 1. The van der Waals surface area contributed by atoms with E-state index in [0.29, 0.717) is 16.3 Å². The first kappa shape index (κ1) is 23.8. The van der Waals surface area contributed by atoms with Gasteiger partial charge in [0.05, 0.1) is 21.7 Å². The number of thioether (sulfide) groups is 1. The van der Waals surface area contributed by atoms with Gasteiger partial charge in [-0.25, -0.2) is 9.97 Å². The maximum atomic E-state index is 13.4. The molecule has 0 fully saturated rings. The lowest BCUT2D eigenvalue weighted by atomic mass is 10.1. The highest BCUT2D eigenvalue weighted by Gasteiger charge is 2.34. The molecule has 0 spiro atoms. The van der Waals surface area contributed by atoms with Crippen molar-refractivity contribution in [3.05, 3.63) is 89.8 Å². The van der Waals surface area contributed by atoms with Gasteiger partial charge in [-0.3, -0.25) is 4.79 Å². The Bertz CT molecular complexity index is 1300. The molecule has 0 saturated heterocycles. The summed E-state index contributed by atoms with van der Waals surface area (Å²) in [4.78, 5) is 20.6. The van der Waals surface area contributed by atoms with Crippen LogP contribution in [0.2, 0.25) is 5.02 Å². The Kier molecular flexibility index (Phi) is 6.95. The number of benzene rings is 2. The molecule has 2 aromatic heterocycles. The zero-order chi connectivity index (χ0) is 24.3. The average Bonchev–Trinajstić information content (AvgIpc) is 3.33. The van der Waals surface area contributed by atoms with E-state index in [0.717, 1.165) is 23.5 Å². The molecular formula is C24H18ClF3N4OS. The molecule has 2 heterocycles. The summed E-state index contributed by atoms with van der Waals surface area (Å²) >= 11 is 7.19. The van der Waals surface area contributed by atoms with Crippen LogP contribution in [0.3, 0.4) is 0 Å². The molecule has 2 aromatic carbocycles. The van der Waals surface area contributed by atoms with E-state index in [4.69, 9.17) is 11.6 Å². The standard InChI is InChI=1S/C24H18ClF3N4OS/c1-15(22(33)29-17-9-10-20(18(25)13-17)32-11-5-6-12-32)34-23-30-19(16-7-3-2-4-8-16)14-21(31-23)24(26,27)28/h2-15H,1H3,(H,29,33)/t15-/m1/s1. The van der Waals surface area contributed by atoms with Gasteiger partial charge in [-0.15, -0.1) is 0 Å². The van der Waals surface area contributed by atoms with Crippen molar-refractivity contribution < 1.29 is 18.0 Å². The number of anilines is 1. The van der Waals surface area contributed by atoms with E-state index in [2.05, 4.69) is 15.3 Å². The molecule has 0 saturated carbocycles. The minimum atomic E-state index is -4.65. The molecule has 0 radical (unpaired) electrons. The van der Waals surface area contributed by atoms with Crippen molar-refractivity contribution in [3.63, 3.8) is 0 Å². The second-order valence-electron chi connectivity index (χ2n) is 7.29. The second kappa shape index (κ2) is 9.90. The molecule has 1 amide bonds. The summed E-state index contributed by atoms with van der Waals surface area (Å²) in [6.45, 7) is 1.57. The summed E-state index contributed by atoms with van der Waals surface area (Å²) in [5.41, 5.74) is 0.798. The third-order valence-electron chi connectivity index (χ3n) is 4.81. The third kappa shape index (κ3) is 5.60. The Balaban J connectivity index is 1.52. The van der Waals surface area contributed by atoms with E-state index >= 15 is 0 Å². The quantitative estimate of drug-likeness (QED) is 0.235. The van der Waals surface area contributed by atoms with Crippen molar-refractivity contribution in [1.82, 2.24) is 14.5 Å². The van der Waals surface area contributed by atoms with E-state index in [1.165, 1.54) is 0 Å². The molecule has 4 rings (SSSR count). The predicted molar refractivity (Wildman–Crippen MR) is 127 cm³/mol. The van der Waals surface area contributed by atoms with Gasteiger partial charge in [-0.1, -0.05) is 53.7 Å². The van der Waals surface area contributed by atoms with Gasteiger partial charge in [0.2, 0.25) is 5.91 Å². The third-order valence-corrected chi connectivity index (χ3v) is 6.08. The fourth-order valence-corrected chi connectivity index (χ4v) is 4.19. The van der Waals surface area contributed by atoms with Crippen LogP contribution in [0, 0.1) is 0 Å². The van der Waals surface area contributed by atoms with Crippen molar-refractivity contribution in [1.29, 1.82) is 0 Å². The molecule has 1 atom stereocenters. The number of aromatic nitrogens is 3. The van der Waals surface area contributed by atoms with Gasteiger partial charge in [-0.05, 0) is 43.3 Å². The first-order valence-corrected chi connectivity index (χ1v) is 11.4. The van der Waals surface area contributed by atoms with Crippen molar-refractivity contribution in [3.8, 4) is 16.9 Å². The van der Waals surface area contributed by atoms with E-state index < -0.39 is 23.0 Å². The van der Waals surface area contributed by atoms with Crippen LogP contribution in [-0.2, 0) is 11.0 Å². The molecule has 0 bridgehead atoms. The normalized spacial score (nSPS) is 12.4. The maximum Gasteiger partial charge on any atom is 0.433 e. The van der Waals surface area contributed by atoms with Crippen LogP contribution in [0.1, 0.15) is 12.6 Å². The van der Waals surface area contributed by atoms with Crippen LogP contribution in [-0.4, -0.2) is 25.7 Å². The monoisotopic (exact) mass is 502 g/mol. The lowest BCUT2D eigenvalue weighted by molar-refractivity contribution is -0.141. The Labute approximate surface area is 203 Å². The number of rotatable bonds is 6. The minimum absolute atomic E-state index is 0.130. The summed E-state index contributed by atoms with van der Waals surface area (Å²) in [6.07, 6.45) is -0.959. The van der Waals surface area contributed by atoms with E-state index in [9.17, 15) is 18.0 Å². The second-order valence-corrected chi connectivity index (χ2v) is 9.01. The number of halogens is 4. The molecule has 5 nitrogen and oxygen atoms in total. The summed E-state index contributed by atoms with van der Waals surface area (Å²) < 4.78 is 42.1. The Morgan fingerprint density at radius 3 is 2.38 bits per heavy atom. The maximum absolute atomic E-state index is 13.4. The van der Waals surface area contributed by atoms with Gasteiger partial charge in [0.15, 0.2) is 5.16 Å². The summed E-state index contributed by atoms with van der Waals surface area (Å²) in [5.74, 6) is -0.419. The molecule has 1 N–H and O–H groups in total. The van der Waals surface area contributed by atoms with Crippen LogP contribution in [0.4, 0.5) is 18.9 Å². The van der Waals surface area contributed by atoms with Crippen LogP contribution in [0.5, 0.6) is 0 Å². The van der Waals surface area contributed by atoms with Crippen molar-refractivity contribution in [2.45, 2.75) is 23.5 Å². The van der Waals surface area contributed by atoms with Crippen LogP contribution < -0.4 is 5.32 Å². The Hall–Kier alpha value is -3.30. The first-order valence-electron chi connectivity index (χ1n) is 10.1. The first-order chi connectivity index (χ1) is 16.2. The zero-order valence-electron chi connectivity index (χ0n) is 17.8. The highest BCUT2D eigenvalue weighted by Crippen LogP contribution is 2.33. The van der Waals surface area contributed by atoms with E-state index in [1.54, 1.807) is 55.5 Å². The number of carbonyl (C=O) groups excluding carboxylic acids is 1. The largest absolute Gasteiger partial charge is 0.433 e. The molecule has 34 heavy (non-hydrogen) atoms. The highest BCUT2D eigenvalue weighted by molar-refractivity contribution is 8.00. The van der Waals surface area contributed by atoms with Crippen LogP contribution in [0.25, 0.3) is 16.9 Å². The molecule has 0 aliphatic rings.